The van der Waals surface area contributed by atoms with Crippen LogP contribution in [0.4, 0.5) is 36.6 Å². The van der Waals surface area contributed by atoms with Crippen LogP contribution in [0.5, 0.6) is 0 Å². The van der Waals surface area contributed by atoms with Gasteiger partial charge in [0, 0.05) is 49.2 Å². The summed E-state index contributed by atoms with van der Waals surface area (Å²) in [5.41, 5.74) is 2.93. The summed E-state index contributed by atoms with van der Waals surface area (Å²) >= 11 is 0. The summed E-state index contributed by atoms with van der Waals surface area (Å²) in [6.45, 7) is 8.31. The molecule has 2 N–H and O–H groups in total. The highest BCUT2D eigenvalue weighted by atomic mass is 19.4. The zero-order chi connectivity index (χ0) is 25.5. The Balaban J connectivity index is 1.89. The maximum absolute atomic E-state index is 14.1. The van der Waals surface area contributed by atoms with Crippen molar-refractivity contribution < 1.29 is 30.7 Å². The van der Waals surface area contributed by atoms with Crippen LogP contribution >= 0.6 is 0 Å². The Bertz CT molecular complexity index is 1030. The number of nitrogen functional groups attached to an aromatic ring is 1. The normalized spacial score (nSPS) is 18.1. The Labute approximate surface area is 192 Å². The number of aromatic nitrogens is 3. The first-order chi connectivity index (χ1) is 15.6. The Kier molecular flexibility index (Phi) is 7.03. The molecule has 5 nitrogen and oxygen atoms in total. The van der Waals surface area contributed by atoms with Gasteiger partial charge in [-0.25, -0.2) is 14.4 Å². The number of halogens is 7. The van der Waals surface area contributed by atoms with Crippen LogP contribution < -0.4 is 5.73 Å². The van der Waals surface area contributed by atoms with Crippen molar-refractivity contribution in [2.75, 3.05) is 18.8 Å². The highest BCUT2D eigenvalue weighted by Crippen LogP contribution is 2.36. The fraction of sp³-hybridized carbons (Fsp3) is 0.545. The minimum atomic E-state index is -4.78. The summed E-state index contributed by atoms with van der Waals surface area (Å²) in [5, 5.41) is 0. The molecule has 0 spiro atoms. The molecular weight excluding hydrogens is 467 g/mol. The summed E-state index contributed by atoms with van der Waals surface area (Å²) in [4.78, 5) is 9.51. The summed E-state index contributed by atoms with van der Waals surface area (Å²) in [5.74, 6) is -1.14. The van der Waals surface area contributed by atoms with E-state index in [1.165, 1.54) is 6.20 Å². The molecule has 3 rings (SSSR count). The van der Waals surface area contributed by atoms with Crippen LogP contribution in [0.2, 0.25) is 0 Å². The monoisotopic (exact) mass is 493 g/mol. The molecule has 1 unspecified atom stereocenters. The molecule has 0 bridgehead atoms. The Morgan fingerprint density at radius 1 is 1.21 bits per heavy atom. The molecule has 0 amide bonds. The van der Waals surface area contributed by atoms with Crippen molar-refractivity contribution in [3.63, 3.8) is 0 Å². The largest absolute Gasteiger partial charge is 0.419 e. The number of pyridine rings is 1. The minimum absolute atomic E-state index is 0.114. The van der Waals surface area contributed by atoms with Crippen LogP contribution in [-0.4, -0.2) is 50.4 Å². The number of nitrogens with two attached hydrogens (primary N) is 1. The van der Waals surface area contributed by atoms with Crippen LogP contribution in [0, 0.1) is 0 Å². The molecule has 1 aliphatic rings. The summed E-state index contributed by atoms with van der Waals surface area (Å²) in [7, 11) is 0. The van der Waals surface area contributed by atoms with Crippen molar-refractivity contribution >= 4 is 11.5 Å². The lowest BCUT2D eigenvalue weighted by Crippen LogP contribution is -2.44. The predicted molar refractivity (Wildman–Crippen MR) is 114 cm³/mol. The van der Waals surface area contributed by atoms with E-state index in [9.17, 15) is 30.7 Å². The fourth-order valence-corrected chi connectivity index (χ4v) is 3.98. The third-order valence-electron chi connectivity index (χ3n) is 5.99. The Morgan fingerprint density at radius 3 is 2.38 bits per heavy atom. The van der Waals surface area contributed by atoms with E-state index in [1.54, 1.807) is 6.92 Å². The maximum Gasteiger partial charge on any atom is 0.419 e. The van der Waals surface area contributed by atoms with Crippen molar-refractivity contribution in [2.24, 2.45) is 0 Å². The van der Waals surface area contributed by atoms with E-state index in [0.717, 1.165) is 10.8 Å². The van der Waals surface area contributed by atoms with Crippen molar-refractivity contribution in [2.45, 2.75) is 63.6 Å². The minimum Gasteiger partial charge on any atom is -0.383 e. The zero-order valence-corrected chi connectivity index (χ0v) is 18.8. The van der Waals surface area contributed by atoms with Crippen molar-refractivity contribution in [1.29, 1.82) is 0 Å². The highest BCUT2D eigenvalue weighted by molar-refractivity contribution is 5.63. The first kappa shape index (κ1) is 26.0. The number of alkyl halides is 7. The predicted octanol–water partition coefficient (Wildman–Crippen LogP) is 5.72. The molecule has 1 aliphatic heterocycles. The molecular formula is C22H26F7N5. The third-order valence-corrected chi connectivity index (χ3v) is 5.99. The van der Waals surface area contributed by atoms with Crippen LogP contribution in [0.3, 0.4) is 0 Å². The Hall–Kier alpha value is -2.63. The summed E-state index contributed by atoms with van der Waals surface area (Å²) < 4.78 is 94.5. The standard InChI is InChI=1S/C22H26F7N5/c1-13(33-6-4-20(3,23)5-7-33)8-14(2)34-12-17(32-18(34)10-21(24,25)26)15-9-16(22(27,28)29)19(30)31-11-15/h9,11-13H,2,4-8,10H2,1,3H3,(H2,30,31). The van der Waals surface area contributed by atoms with E-state index in [2.05, 4.69) is 16.5 Å². The van der Waals surface area contributed by atoms with E-state index in [-0.39, 0.29) is 23.7 Å². The van der Waals surface area contributed by atoms with Crippen molar-refractivity contribution in [3.05, 3.63) is 36.4 Å². The van der Waals surface area contributed by atoms with E-state index >= 15 is 0 Å². The van der Waals surface area contributed by atoms with Crippen LogP contribution in [0.15, 0.2) is 25.0 Å². The molecule has 0 aromatic carbocycles. The van der Waals surface area contributed by atoms with Gasteiger partial charge < -0.3 is 15.2 Å². The first-order valence-electron chi connectivity index (χ1n) is 10.6. The van der Waals surface area contributed by atoms with Gasteiger partial charge in [0.05, 0.1) is 11.3 Å². The average molecular weight is 493 g/mol. The molecule has 34 heavy (non-hydrogen) atoms. The first-order valence-corrected chi connectivity index (χ1v) is 10.6. The third kappa shape index (κ3) is 6.28. The van der Waals surface area contributed by atoms with Gasteiger partial charge in [-0.3, -0.25) is 0 Å². The van der Waals surface area contributed by atoms with Gasteiger partial charge >= 0.3 is 12.4 Å². The van der Waals surface area contributed by atoms with Gasteiger partial charge in [0.15, 0.2) is 0 Å². The second kappa shape index (κ2) is 9.20. The van der Waals surface area contributed by atoms with E-state index < -0.39 is 41.6 Å². The van der Waals surface area contributed by atoms with E-state index in [4.69, 9.17) is 5.73 Å². The molecule has 1 fully saturated rings. The molecule has 3 heterocycles. The second-order valence-corrected chi connectivity index (χ2v) is 8.93. The van der Waals surface area contributed by atoms with Crippen LogP contribution in [0.1, 0.15) is 44.5 Å². The number of likely N-dealkylation sites (tertiary alicyclic amines) is 1. The number of hydrogen-bond donors (Lipinski definition) is 1. The fourth-order valence-electron chi connectivity index (χ4n) is 3.98. The maximum atomic E-state index is 14.1. The number of piperidine rings is 1. The van der Waals surface area contributed by atoms with E-state index in [1.807, 2.05) is 11.8 Å². The Morgan fingerprint density at radius 2 is 1.82 bits per heavy atom. The van der Waals surface area contributed by atoms with Gasteiger partial charge in [-0.15, -0.1) is 0 Å². The van der Waals surface area contributed by atoms with Gasteiger partial charge in [0.2, 0.25) is 0 Å². The number of nitrogens with zero attached hydrogens (tertiary/aromatic N) is 4. The SMILES string of the molecule is C=C(CC(C)N1CCC(C)(F)CC1)n1cc(-c2cnc(N)c(C(F)(F)F)c2)nc1CC(F)(F)F. The molecule has 2 aromatic heterocycles. The number of hydrogen-bond acceptors (Lipinski definition) is 4. The molecule has 188 valence electrons. The lowest BCUT2D eigenvalue weighted by molar-refractivity contribution is -0.137. The smallest absolute Gasteiger partial charge is 0.383 e. The molecule has 2 aromatic rings. The topological polar surface area (TPSA) is 60.0 Å². The highest BCUT2D eigenvalue weighted by Gasteiger charge is 2.35. The van der Waals surface area contributed by atoms with Crippen LogP contribution in [0.25, 0.3) is 17.0 Å². The van der Waals surface area contributed by atoms with Gasteiger partial charge in [-0.1, -0.05) is 6.58 Å². The number of anilines is 1. The molecule has 1 saturated heterocycles. The quantitative estimate of drug-likeness (QED) is 0.523. The van der Waals surface area contributed by atoms with Crippen molar-refractivity contribution in [1.82, 2.24) is 19.4 Å². The molecule has 12 heteroatoms. The molecule has 0 radical (unpaired) electrons. The van der Waals surface area contributed by atoms with Gasteiger partial charge in [0.1, 0.15) is 23.7 Å². The van der Waals surface area contributed by atoms with Gasteiger partial charge in [-0.05, 0) is 32.8 Å². The van der Waals surface area contributed by atoms with Crippen LogP contribution in [-0.2, 0) is 12.6 Å². The lowest BCUT2D eigenvalue weighted by atomic mass is 9.94. The summed E-state index contributed by atoms with van der Waals surface area (Å²) in [6, 6.07) is 0.572. The molecule has 0 aliphatic carbocycles. The zero-order valence-electron chi connectivity index (χ0n) is 18.8. The lowest BCUT2D eigenvalue weighted by Gasteiger charge is -2.38. The van der Waals surface area contributed by atoms with Gasteiger partial charge in [0.25, 0.3) is 0 Å². The number of rotatable bonds is 6. The molecule has 1 atom stereocenters. The summed E-state index contributed by atoms with van der Waals surface area (Å²) in [6.07, 6.45) is -7.56. The van der Waals surface area contributed by atoms with E-state index in [0.29, 0.717) is 37.7 Å². The second-order valence-electron chi connectivity index (χ2n) is 8.93. The van der Waals surface area contributed by atoms with Crippen molar-refractivity contribution in [3.8, 4) is 11.3 Å². The van der Waals surface area contributed by atoms with Gasteiger partial charge in [-0.2, -0.15) is 26.3 Å². The average Bonchev–Trinajstić information content (AvgIpc) is 3.09. The number of imidazole rings is 1. The molecule has 0 saturated carbocycles.